The molecule has 0 aliphatic carbocycles. The fraction of sp³-hybridized carbons (Fsp3) is 0.600. The van der Waals surface area contributed by atoms with E-state index in [1.807, 2.05) is 0 Å². The van der Waals surface area contributed by atoms with Crippen LogP contribution in [-0.4, -0.2) is 49.6 Å². The van der Waals surface area contributed by atoms with Crippen LogP contribution in [0, 0.1) is 0 Å². The zero-order chi connectivity index (χ0) is 12.5. The molecule has 1 fully saturated rings. The quantitative estimate of drug-likeness (QED) is 0.442. The molecule has 7 heteroatoms. The summed E-state index contributed by atoms with van der Waals surface area (Å²) in [7, 11) is 0. The summed E-state index contributed by atoms with van der Waals surface area (Å²) in [4.78, 5) is 22.1. The van der Waals surface area contributed by atoms with E-state index in [2.05, 4.69) is 11.9 Å². The maximum atomic E-state index is 11.3. The van der Waals surface area contributed by atoms with Gasteiger partial charge in [0.1, 0.15) is 13.4 Å². The van der Waals surface area contributed by atoms with E-state index in [0.29, 0.717) is 13.2 Å². The summed E-state index contributed by atoms with van der Waals surface area (Å²) in [5.74, 6) is -0.289. The molecule has 0 aromatic heterocycles. The largest absolute Gasteiger partial charge is 0.456 e. The second-order valence-electron chi connectivity index (χ2n) is 3.19. The highest BCUT2D eigenvalue weighted by Crippen LogP contribution is 2.17. The molecule has 0 radical (unpaired) electrons. The predicted molar refractivity (Wildman–Crippen MR) is 62.7 cm³/mol. The van der Waals surface area contributed by atoms with Crippen LogP contribution in [-0.2, 0) is 19.0 Å². The highest BCUT2D eigenvalue weighted by atomic mass is 32.2. The number of hydrogen-bond acceptors (Lipinski definition) is 6. The Morgan fingerprint density at radius 3 is 2.82 bits per heavy atom. The topological polar surface area (TPSA) is 73.9 Å². The van der Waals surface area contributed by atoms with Crippen molar-refractivity contribution in [3.8, 4) is 0 Å². The van der Waals surface area contributed by atoms with Gasteiger partial charge in [0, 0.05) is 0 Å². The third kappa shape index (κ3) is 6.30. The van der Waals surface area contributed by atoms with E-state index in [-0.39, 0.29) is 31.1 Å². The molecule has 0 atom stereocenters. The number of nitrogens with one attached hydrogen (secondary N) is 1. The van der Waals surface area contributed by atoms with Crippen LogP contribution in [0.2, 0.25) is 0 Å². The van der Waals surface area contributed by atoms with Crippen LogP contribution in [0.4, 0.5) is 4.79 Å². The lowest BCUT2D eigenvalue weighted by atomic mass is 10.5. The summed E-state index contributed by atoms with van der Waals surface area (Å²) in [6.45, 7) is 4.95. The minimum absolute atomic E-state index is 0.0287. The third-order valence-corrected chi connectivity index (χ3v) is 2.76. The Labute approximate surface area is 104 Å². The van der Waals surface area contributed by atoms with Gasteiger partial charge in [-0.1, -0.05) is 6.58 Å². The van der Waals surface area contributed by atoms with E-state index in [0.717, 1.165) is 17.8 Å². The fourth-order valence-corrected chi connectivity index (χ4v) is 1.84. The minimum Gasteiger partial charge on any atom is -0.456 e. The Morgan fingerprint density at radius 2 is 2.18 bits per heavy atom. The van der Waals surface area contributed by atoms with Crippen LogP contribution in [0.25, 0.3) is 0 Å². The van der Waals surface area contributed by atoms with Crippen molar-refractivity contribution in [1.29, 1.82) is 0 Å². The van der Waals surface area contributed by atoms with Gasteiger partial charge in [0.05, 0.1) is 25.0 Å². The maximum Gasteiger partial charge on any atom is 0.367 e. The Balaban J connectivity index is 2.04. The van der Waals surface area contributed by atoms with Gasteiger partial charge in [-0.15, -0.1) is 0 Å². The smallest absolute Gasteiger partial charge is 0.367 e. The molecule has 1 aliphatic rings. The Morgan fingerprint density at radius 1 is 1.47 bits per heavy atom. The number of ether oxygens (including phenoxy) is 3. The van der Waals surface area contributed by atoms with Gasteiger partial charge in [-0.3, -0.25) is 4.79 Å². The SMILES string of the molecule is C=CC(=O)NCCOC(=O)SC1COCOC1. The zero-order valence-electron chi connectivity index (χ0n) is 9.35. The van der Waals surface area contributed by atoms with Gasteiger partial charge in [-0.25, -0.2) is 4.79 Å². The van der Waals surface area contributed by atoms with Crippen molar-refractivity contribution in [2.75, 3.05) is 33.2 Å². The first kappa shape index (κ1) is 14.0. The molecule has 17 heavy (non-hydrogen) atoms. The Bertz CT molecular complexity index is 278. The normalized spacial score (nSPS) is 16.2. The molecular weight excluding hydrogens is 246 g/mol. The second kappa shape index (κ2) is 8.10. The average molecular weight is 261 g/mol. The Hall–Kier alpha value is -1.05. The maximum absolute atomic E-state index is 11.3. The lowest BCUT2D eigenvalue weighted by Gasteiger charge is -2.20. The summed E-state index contributed by atoms with van der Waals surface area (Å²) in [5.41, 5.74) is 0. The highest BCUT2D eigenvalue weighted by Gasteiger charge is 2.19. The number of hydrogen-bond donors (Lipinski definition) is 1. The summed E-state index contributed by atoms with van der Waals surface area (Å²) in [6.07, 6.45) is 1.16. The first-order valence-corrected chi connectivity index (χ1v) is 5.99. The summed E-state index contributed by atoms with van der Waals surface area (Å²) < 4.78 is 15.0. The van der Waals surface area contributed by atoms with E-state index >= 15 is 0 Å². The first-order chi connectivity index (χ1) is 8.22. The van der Waals surface area contributed by atoms with Gasteiger partial charge in [0.2, 0.25) is 5.91 Å². The van der Waals surface area contributed by atoms with Crippen molar-refractivity contribution < 1.29 is 23.8 Å². The molecular formula is C10H15NO5S. The van der Waals surface area contributed by atoms with Gasteiger partial charge < -0.3 is 19.5 Å². The van der Waals surface area contributed by atoms with Crippen LogP contribution < -0.4 is 5.32 Å². The van der Waals surface area contributed by atoms with Crippen LogP contribution in [0.3, 0.4) is 0 Å². The molecule has 0 aromatic rings. The van der Waals surface area contributed by atoms with Crippen LogP contribution >= 0.6 is 11.8 Å². The van der Waals surface area contributed by atoms with E-state index in [1.54, 1.807) is 0 Å². The van der Waals surface area contributed by atoms with E-state index in [1.165, 1.54) is 0 Å². The molecule has 1 saturated heterocycles. The minimum atomic E-state index is -0.392. The highest BCUT2D eigenvalue weighted by molar-refractivity contribution is 8.13. The van der Waals surface area contributed by atoms with E-state index in [4.69, 9.17) is 14.2 Å². The van der Waals surface area contributed by atoms with Gasteiger partial charge >= 0.3 is 5.30 Å². The van der Waals surface area contributed by atoms with E-state index < -0.39 is 5.30 Å². The molecule has 1 N–H and O–H groups in total. The van der Waals surface area contributed by atoms with Crippen molar-refractivity contribution in [2.45, 2.75) is 5.25 Å². The molecule has 0 spiro atoms. The van der Waals surface area contributed by atoms with Crippen LogP contribution in [0.1, 0.15) is 0 Å². The van der Waals surface area contributed by atoms with Gasteiger partial charge in [-0.2, -0.15) is 0 Å². The average Bonchev–Trinajstić information content (AvgIpc) is 2.35. The molecule has 0 aromatic carbocycles. The second-order valence-corrected chi connectivity index (χ2v) is 4.43. The summed E-state index contributed by atoms with van der Waals surface area (Å²) in [6, 6.07) is 0. The number of carbonyl (C=O) groups is 2. The van der Waals surface area contributed by atoms with Gasteiger partial charge in [-0.05, 0) is 17.8 Å². The van der Waals surface area contributed by atoms with Crippen molar-refractivity contribution in [2.24, 2.45) is 0 Å². The summed E-state index contributed by atoms with van der Waals surface area (Å²) >= 11 is 1.04. The van der Waals surface area contributed by atoms with Crippen molar-refractivity contribution in [3.05, 3.63) is 12.7 Å². The molecule has 0 unspecified atom stereocenters. The number of amides is 1. The summed E-state index contributed by atoms with van der Waals surface area (Å²) in [5, 5.41) is 2.08. The molecule has 0 bridgehead atoms. The van der Waals surface area contributed by atoms with Crippen LogP contribution in [0.15, 0.2) is 12.7 Å². The molecule has 1 aliphatic heterocycles. The third-order valence-electron chi connectivity index (χ3n) is 1.84. The molecule has 6 nitrogen and oxygen atoms in total. The number of thioether (sulfide) groups is 1. The predicted octanol–water partition coefficient (Wildman–Crippen LogP) is 0.531. The monoisotopic (exact) mass is 261 g/mol. The van der Waals surface area contributed by atoms with Crippen LogP contribution in [0.5, 0.6) is 0 Å². The number of carbonyl (C=O) groups excluding carboxylic acids is 2. The molecule has 96 valence electrons. The Kier molecular flexibility index (Phi) is 6.68. The standard InChI is InChI=1S/C10H15NO5S/c1-2-9(12)11-3-4-16-10(13)17-8-5-14-7-15-6-8/h2,8H,1,3-7H2,(H,11,12). The van der Waals surface area contributed by atoms with Crippen molar-refractivity contribution in [1.82, 2.24) is 5.32 Å². The van der Waals surface area contributed by atoms with Gasteiger partial charge in [0.25, 0.3) is 0 Å². The lowest BCUT2D eigenvalue weighted by Crippen LogP contribution is -2.29. The molecule has 1 amide bonds. The van der Waals surface area contributed by atoms with Crippen molar-refractivity contribution in [3.63, 3.8) is 0 Å². The zero-order valence-corrected chi connectivity index (χ0v) is 10.2. The van der Waals surface area contributed by atoms with Gasteiger partial charge in [0.15, 0.2) is 0 Å². The molecule has 0 saturated carbocycles. The number of rotatable bonds is 5. The first-order valence-electron chi connectivity index (χ1n) is 5.11. The molecule has 1 heterocycles. The fourth-order valence-electron chi connectivity index (χ4n) is 1.09. The lowest BCUT2D eigenvalue weighted by molar-refractivity contribution is -0.116. The van der Waals surface area contributed by atoms with E-state index in [9.17, 15) is 9.59 Å². The van der Waals surface area contributed by atoms with Crippen molar-refractivity contribution >= 4 is 23.0 Å². The molecule has 1 rings (SSSR count).